The molecule has 4 rings (SSSR count). The average Bonchev–Trinajstić information content (AvgIpc) is 3.25. The number of rotatable bonds is 6. The average molecular weight is 440 g/mol. The number of carbonyl (C=O) groups is 2. The van der Waals surface area contributed by atoms with Crippen LogP contribution < -0.4 is 14.8 Å². The van der Waals surface area contributed by atoms with Crippen LogP contribution >= 0.6 is 0 Å². The third-order valence-corrected chi connectivity index (χ3v) is 6.46. The molecule has 0 aromatic heterocycles. The van der Waals surface area contributed by atoms with E-state index in [0.717, 1.165) is 55.5 Å². The fourth-order valence-electron chi connectivity index (χ4n) is 5.02. The summed E-state index contributed by atoms with van der Waals surface area (Å²) in [5.74, 6) is 0.499. The molecule has 1 fully saturated rings. The number of methoxy groups -OCH3 is 1. The lowest BCUT2D eigenvalue weighted by Gasteiger charge is -2.34. The van der Waals surface area contributed by atoms with E-state index < -0.39 is 5.92 Å². The zero-order chi connectivity index (χ0) is 22.8. The van der Waals surface area contributed by atoms with Gasteiger partial charge in [0.2, 0.25) is 0 Å². The van der Waals surface area contributed by atoms with Crippen molar-refractivity contribution in [3.63, 3.8) is 0 Å². The van der Waals surface area contributed by atoms with Gasteiger partial charge in [-0.25, -0.2) is 4.79 Å². The minimum absolute atomic E-state index is 0.00181. The van der Waals surface area contributed by atoms with Crippen LogP contribution in [0, 0.1) is 0 Å². The van der Waals surface area contributed by atoms with Crippen LogP contribution in [0.5, 0.6) is 11.5 Å². The van der Waals surface area contributed by atoms with Gasteiger partial charge in [-0.15, -0.1) is 0 Å². The standard InChI is InChI=1S/C26H33NO5/c1-15(2)31-21-13-12-17(14-22(21)30-4)24-23(26(29)32-18-8-5-6-9-18)16(3)27-19-10-7-11-20(28)25(19)24/h12-15,18,24,27H,5-11H2,1-4H3. The van der Waals surface area contributed by atoms with Gasteiger partial charge in [-0.2, -0.15) is 0 Å². The molecule has 1 atom stereocenters. The first-order valence-corrected chi connectivity index (χ1v) is 11.7. The predicted octanol–water partition coefficient (Wildman–Crippen LogP) is 4.94. The van der Waals surface area contributed by atoms with Crippen molar-refractivity contribution in [2.24, 2.45) is 0 Å². The topological polar surface area (TPSA) is 73.9 Å². The lowest BCUT2D eigenvalue weighted by Crippen LogP contribution is -2.35. The number of allylic oxidation sites excluding steroid dienone is 3. The van der Waals surface area contributed by atoms with Crippen molar-refractivity contribution in [2.75, 3.05) is 7.11 Å². The smallest absolute Gasteiger partial charge is 0.337 e. The minimum atomic E-state index is -0.477. The first kappa shape index (κ1) is 22.4. The summed E-state index contributed by atoms with van der Waals surface area (Å²) >= 11 is 0. The number of carbonyl (C=O) groups excluding carboxylic acids is 2. The Balaban J connectivity index is 1.77. The fourth-order valence-corrected chi connectivity index (χ4v) is 5.02. The molecule has 0 amide bonds. The summed E-state index contributed by atoms with van der Waals surface area (Å²) in [6, 6.07) is 5.67. The van der Waals surface area contributed by atoms with Crippen molar-refractivity contribution in [1.29, 1.82) is 0 Å². The summed E-state index contributed by atoms with van der Waals surface area (Å²) in [6.45, 7) is 5.82. The van der Waals surface area contributed by atoms with Gasteiger partial charge in [-0.3, -0.25) is 4.79 Å². The van der Waals surface area contributed by atoms with Gasteiger partial charge in [0.25, 0.3) is 0 Å². The highest BCUT2D eigenvalue weighted by Crippen LogP contribution is 2.44. The van der Waals surface area contributed by atoms with Crippen LogP contribution in [-0.2, 0) is 14.3 Å². The van der Waals surface area contributed by atoms with Gasteiger partial charge in [0.1, 0.15) is 6.10 Å². The van der Waals surface area contributed by atoms with Gasteiger partial charge in [-0.1, -0.05) is 6.07 Å². The number of hydrogen-bond donors (Lipinski definition) is 1. The third kappa shape index (κ3) is 4.41. The van der Waals surface area contributed by atoms with Crippen molar-refractivity contribution >= 4 is 11.8 Å². The monoisotopic (exact) mass is 439 g/mol. The van der Waals surface area contributed by atoms with Gasteiger partial charge < -0.3 is 19.5 Å². The number of esters is 1. The van der Waals surface area contributed by atoms with Crippen LogP contribution in [0.4, 0.5) is 0 Å². The maximum absolute atomic E-state index is 13.4. The fraction of sp³-hybridized carbons (Fsp3) is 0.538. The van der Waals surface area contributed by atoms with E-state index >= 15 is 0 Å². The van der Waals surface area contributed by atoms with Gasteiger partial charge in [-0.05, 0) is 77.0 Å². The van der Waals surface area contributed by atoms with Crippen molar-refractivity contribution in [1.82, 2.24) is 5.32 Å². The lowest BCUT2D eigenvalue weighted by atomic mass is 9.75. The molecule has 0 saturated heterocycles. The Bertz CT molecular complexity index is 968. The van der Waals surface area contributed by atoms with E-state index in [1.807, 2.05) is 39.0 Å². The molecule has 32 heavy (non-hydrogen) atoms. The van der Waals surface area contributed by atoms with E-state index in [-0.39, 0.29) is 24.0 Å². The van der Waals surface area contributed by atoms with Crippen LogP contribution in [0.15, 0.2) is 40.7 Å². The van der Waals surface area contributed by atoms with Gasteiger partial charge in [0.05, 0.1) is 18.8 Å². The normalized spacial score (nSPS) is 21.5. The quantitative estimate of drug-likeness (QED) is 0.633. The van der Waals surface area contributed by atoms with E-state index in [0.29, 0.717) is 29.1 Å². The zero-order valence-electron chi connectivity index (χ0n) is 19.5. The highest BCUT2D eigenvalue weighted by Gasteiger charge is 2.40. The molecule has 0 bridgehead atoms. The summed E-state index contributed by atoms with van der Waals surface area (Å²) in [4.78, 5) is 26.5. The van der Waals surface area contributed by atoms with Crippen molar-refractivity contribution in [2.45, 2.75) is 83.8 Å². The van der Waals surface area contributed by atoms with Crippen LogP contribution in [0.25, 0.3) is 0 Å². The number of benzene rings is 1. The first-order chi connectivity index (χ1) is 15.4. The molecule has 6 nitrogen and oxygen atoms in total. The number of ketones is 1. The van der Waals surface area contributed by atoms with Crippen LogP contribution in [0.2, 0.25) is 0 Å². The summed E-state index contributed by atoms with van der Waals surface area (Å²) < 4.78 is 17.4. The molecule has 1 unspecified atom stereocenters. The second-order valence-corrected chi connectivity index (χ2v) is 9.15. The van der Waals surface area contributed by atoms with E-state index in [9.17, 15) is 9.59 Å². The molecule has 1 heterocycles. The Kier molecular flexibility index (Phi) is 6.58. The number of hydrogen-bond acceptors (Lipinski definition) is 6. The Labute approximate surface area is 190 Å². The molecule has 1 aromatic rings. The Hall–Kier alpha value is -2.76. The Morgan fingerprint density at radius 1 is 1.09 bits per heavy atom. The highest BCUT2D eigenvalue weighted by molar-refractivity contribution is 6.03. The number of nitrogens with one attached hydrogen (secondary N) is 1. The van der Waals surface area contributed by atoms with Gasteiger partial charge in [0.15, 0.2) is 17.3 Å². The molecule has 6 heteroatoms. The van der Waals surface area contributed by atoms with Crippen LogP contribution in [0.3, 0.4) is 0 Å². The summed E-state index contributed by atoms with van der Waals surface area (Å²) in [5, 5.41) is 3.35. The lowest BCUT2D eigenvalue weighted by molar-refractivity contribution is -0.144. The maximum atomic E-state index is 13.4. The molecule has 1 saturated carbocycles. The summed E-state index contributed by atoms with van der Waals surface area (Å²) in [7, 11) is 1.60. The maximum Gasteiger partial charge on any atom is 0.337 e. The predicted molar refractivity (Wildman–Crippen MR) is 122 cm³/mol. The second-order valence-electron chi connectivity index (χ2n) is 9.15. The molecule has 0 spiro atoms. The molecule has 3 aliphatic rings. The number of dihydropyridines is 1. The van der Waals surface area contributed by atoms with Crippen molar-refractivity contribution in [3.8, 4) is 11.5 Å². The molecule has 1 aliphatic heterocycles. The molecule has 0 radical (unpaired) electrons. The van der Waals surface area contributed by atoms with Gasteiger partial charge >= 0.3 is 5.97 Å². The highest BCUT2D eigenvalue weighted by atomic mass is 16.5. The zero-order valence-corrected chi connectivity index (χ0v) is 19.5. The summed E-state index contributed by atoms with van der Waals surface area (Å²) in [6.07, 6.45) is 6.03. The third-order valence-electron chi connectivity index (χ3n) is 6.46. The summed E-state index contributed by atoms with van der Waals surface area (Å²) in [5.41, 5.74) is 3.71. The van der Waals surface area contributed by atoms with E-state index in [4.69, 9.17) is 14.2 Å². The van der Waals surface area contributed by atoms with Crippen molar-refractivity contribution in [3.05, 3.63) is 46.3 Å². The molecule has 172 valence electrons. The van der Waals surface area contributed by atoms with Crippen LogP contribution in [-0.4, -0.2) is 31.1 Å². The largest absolute Gasteiger partial charge is 0.493 e. The van der Waals surface area contributed by atoms with E-state index in [1.54, 1.807) is 7.11 Å². The second kappa shape index (κ2) is 9.39. The molecular weight excluding hydrogens is 406 g/mol. The van der Waals surface area contributed by atoms with E-state index in [1.165, 1.54) is 0 Å². The van der Waals surface area contributed by atoms with Gasteiger partial charge in [0, 0.05) is 29.3 Å². The molecule has 1 N–H and O–H groups in total. The van der Waals surface area contributed by atoms with Crippen molar-refractivity contribution < 1.29 is 23.8 Å². The Morgan fingerprint density at radius 2 is 1.84 bits per heavy atom. The minimum Gasteiger partial charge on any atom is -0.493 e. The van der Waals surface area contributed by atoms with Crippen LogP contribution in [0.1, 0.15) is 77.2 Å². The van der Waals surface area contributed by atoms with E-state index in [2.05, 4.69) is 5.32 Å². The molecule has 1 aromatic carbocycles. The molecular formula is C26H33NO5. The molecule has 2 aliphatic carbocycles. The first-order valence-electron chi connectivity index (χ1n) is 11.7. The Morgan fingerprint density at radius 3 is 2.53 bits per heavy atom. The number of Topliss-reactive ketones (excluding diaryl/α,β-unsaturated/α-hetero) is 1. The SMILES string of the molecule is COc1cc(C2C(C(=O)OC3CCCC3)=C(C)NC3=C2C(=O)CCC3)ccc1OC(C)C. The number of ether oxygens (including phenoxy) is 3.